The van der Waals surface area contributed by atoms with Gasteiger partial charge in [0.2, 0.25) is 5.91 Å². The zero-order valence-corrected chi connectivity index (χ0v) is 13.1. The van der Waals surface area contributed by atoms with E-state index in [2.05, 4.69) is 26.6 Å². The number of amides is 1. The minimum atomic E-state index is -0.120. The number of carbonyl (C=O) groups excluding carboxylic acids is 1. The number of anilines is 1. The van der Waals surface area contributed by atoms with Crippen molar-refractivity contribution in [1.82, 2.24) is 5.32 Å². The Balaban J connectivity index is 2.92. The van der Waals surface area contributed by atoms with Gasteiger partial charge in [0.15, 0.2) is 11.5 Å². The molecule has 1 rings (SSSR count). The third kappa shape index (κ3) is 4.11. The number of nitrogens with one attached hydrogen (secondary N) is 2. The number of halogens is 1. The van der Waals surface area contributed by atoms with Crippen LogP contribution in [0.4, 0.5) is 5.69 Å². The number of ether oxygens (including phenoxy) is 2. The van der Waals surface area contributed by atoms with Gasteiger partial charge in [0.25, 0.3) is 0 Å². The Bertz CT molecular complexity index is 452. The number of carbonyl (C=O) groups is 1. The van der Waals surface area contributed by atoms with Crippen molar-refractivity contribution in [3.05, 3.63) is 16.6 Å². The Hall–Kier alpha value is -1.27. The lowest BCUT2D eigenvalue weighted by atomic mass is 10.1. The Kier molecular flexibility index (Phi) is 6.11. The largest absolute Gasteiger partial charge is 0.493 e. The van der Waals surface area contributed by atoms with Crippen LogP contribution in [0.25, 0.3) is 0 Å². The lowest BCUT2D eigenvalue weighted by Crippen LogP contribution is -2.28. The van der Waals surface area contributed by atoms with Crippen LogP contribution in [-0.4, -0.2) is 33.7 Å². The van der Waals surface area contributed by atoms with Crippen LogP contribution in [0, 0.1) is 5.92 Å². The van der Waals surface area contributed by atoms with Crippen LogP contribution in [0.1, 0.15) is 6.92 Å². The molecule has 0 saturated carbocycles. The summed E-state index contributed by atoms with van der Waals surface area (Å²) in [5.41, 5.74) is 0.658. The fourth-order valence-corrected chi connectivity index (χ4v) is 2.03. The van der Waals surface area contributed by atoms with E-state index in [9.17, 15) is 4.79 Å². The smallest absolute Gasteiger partial charge is 0.228 e. The van der Waals surface area contributed by atoms with Gasteiger partial charge in [-0.15, -0.1) is 0 Å². The summed E-state index contributed by atoms with van der Waals surface area (Å²) in [7, 11) is 4.94. The number of hydrogen-bond acceptors (Lipinski definition) is 4. The van der Waals surface area contributed by atoms with Gasteiger partial charge >= 0.3 is 0 Å². The third-order valence-corrected chi connectivity index (χ3v) is 3.35. The lowest BCUT2D eigenvalue weighted by Gasteiger charge is -2.15. The molecule has 1 atom stereocenters. The summed E-state index contributed by atoms with van der Waals surface area (Å²) in [5.74, 6) is 1.00. The lowest BCUT2D eigenvalue weighted by molar-refractivity contribution is -0.119. The van der Waals surface area contributed by atoms with Crippen molar-refractivity contribution >= 4 is 27.5 Å². The van der Waals surface area contributed by atoms with Crippen LogP contribution in [0.5, 0.6) is 11.5 Å². The highest BCUT2D eigenvalue weighted by Gasteiger charge is 2.15. The molecule has 6 heteroatoms. The van der Waals surface area contributed by atoms with Crippen molar-refractivity contribution in [1.29, 1.82) is 0 Å². The van der Waals surface area contributed by atoms with Crippen LogP contribution in [0.15, 0.2) is 16.6 Å². The zero-order chi connectivity index (χ0) is 14.4. The summed E-state index contributed by atoms with van der Waals surface area (Å²) in [6.07, 6.45) is 0. The number of methoxy groups -OCH3 is 2. The second-order valence-electron chi connectivity index (χ2n) is 4.14. The van der Waals surface area contributed by atoms with Crippen molar-refractivity contribution in [2.75, 3.05) is 33.1 Å². The Morgan fingerprint density at radius 1 is 1.32 bits per heavy atom. The molecule has 0 aromatic heterocycles. The van der Waals surface area contributed by atoms with Crippen molar-refractivity contribution in [3.8, 4) is 11.5 Å². The van der Waals surface area contributed by atoms with Gasteiger partial charge in [-0.05, 0) is 23.0 Å². The van der Waals surface area contributed by atoms with E-state index >= 15 is 0 Å². The van der Waals surface area contributed by atoms with Gasteiger partial charge < -0.3 is 20.1 Å². The first kappa shape index (κ1) is 15.8. The van der Waals surface area contributed by atoms with Crippen LogP contribution in [-0.2, 0) is 4.79 Å². The molecule has 1 amide bonds. The fraction of sp³-hybridized carbons (Fsp3) is 0.462. The maximum absolute atomic E-state index is 12.0. The molecule has 0 aliphatic rings. The SMILES string of the molecule is CNCC(C)C(=O)Nc1cc(OC)c(OC)cc1Br. The highest BCUT2D eigenvalue weighted by atomic mass is 79.9. The van der Waals surface area contributed by atoms with Gasteiger partial charge in [0.1, 0.15) is 0 Å². The van der Waals surface area contributed by atoms with Gasteiger partial charge in [-0.25, -0.2) is 0 Å². The van der Waals surface area contributed by atoms with E-state index in [0.29, 0.717) is 23.7 Å². The highest BCUT2D eigenvalue weighted by Crippen LogP contribution is 2.36. The molecule has 2 N–H and O–H groups in total. The average molecular weight is 331 g/mol. The molecule has 1 aromatic carbocycles. The quantitative estimate of drug-likeness (QED) is 0.840. The first-order valence-corrected chi connectivity index (χ1v) is 6.69. The molecule has 0 radical (unpaired) electrons. The molecule has 106 valence electrons. The normalized spacial score (nSPS) is 11.8. The van der Waals surface area contributed by atoms with Gasteiger partial charge in [-0.2, -0.15) is 0 Å². The Morgan fingerprint density at radius 2 is 1.89 bits per heavy atom. The van der Waals surface area contributed by atoms with Gasteiger partial charge in [-0.3, -0.25) is 4.79 Å². The summed E-state index contributed by atoms with van der Waals surface area (Å²) in [6, 6.07) is 3.49. The maximum atomic E-state index is 12.0. The molecule has 19 heavy (non-hydrogen) atoms. The van der Waals surface area contributed by atoms with E-state index < -0.39 is 0 Å². The zero-order valence-electron chi connectivity index (χ0n) is 11.5. The van der Waals surface area contributed by atoms with Gasteiger partial charge in [0.05, 0.1) is 19.9 Å². The molecule has 5 nitrogen and oxygen atoms in total. The average Bonchev–Trinajstić information content (AvgIpc) is 2.40. The van der Waals surface area contributed by atoms with E-state index in [4.69, 9.17) is 9.47 Å². The monoisotopic (exact) mass is 330 g/mol. The minimum Gasteiger partial charge on any atom is -0.493 e. The summed E-state index contributed by atoms with van der Waals surface area (Å²) < 4.78 is 11.1. The summed E-state index contributed by atoms with van der Waals surface area (Å²) in [5, 5.41) is 5.83. The van der Waals surface area contributed by atoms with E-state index in [0.717, 1.165) is 4.47 Å². The van der Waals surface area contributed by atoms with E-state index in [1.54, 1.807) is 26.4 Å². The number of hydrogen-bond donors (Lipinski definition) is 2. The van der Waals surface area contributed by atoms with Crippen molar-refractivity contribution in [3.63, 3.8) is 0 Å². The predicted molar refractivity (Wildman–Crippen MR) is 79.0 cm³/mol. The van der Waals surface area contributed by atoms with Crippen LogP contribution < -0.4 is 20.1 Å². The van der Waals surface area contributed by atoms with Crippen LogP contribution in [0.3, 0.4) is 0 Å². The third-order valence-electron chi connectivity index (χ3n) is 2.69. The van der Waals surface area contributed by atoms with Crippen molar-refractivity contribution < 1.29 is 14.3 Å². The standard InChI is InChI=1S/C13H19BrN2O3/c1-8(7-15-2)13(17)16-10-6-12(19-4)11(18-3)5-9(10)14/h5-6,8,15H,7H2,1-4H3,(H,16,17). The molecule has 1 unspecified atom stereocenters. The molecular weight excluding hydrogens is 312 g/mol. The summed E-state index contributed by atoms with van der Waals surface area (Å²) in [4.78, 5) is 12.0. The Morgan fingerprint density at radius 3 is 2.42 bits per heavy atom. The molecule has 0 aliphatic heterocycles. The molecular formula is C13H19BrN2O3. The van der Waals surface area contributed by atoms with Crippen molar-refractivity contribution in [2.45, 2.75) is 6.92 Å². The van der Waals surface area contributed by atoms with Crippen molar-refractivity contribution in [2.24, 2.45) is 5.92 Å². The first-order chi connectivity index (χ1) is 9.03. The molecule has 0 bridgehead atoms. The second-order valence-corrected chi connectivity index (χ2v) is 4.99. The predicted octanol–water partition coefficient (Wildman–Crippen LogP) is 2.26. The molecule has 0 heterocycles. The second kappa shape index (κ2) is 7.35. The van der Waals surface area contributed by atoms with E-state index in [1.165, 1.54) is 0 Å². The number of rotatable bonds is 6. The molecule has 0 saturated heterocycles. The topological polar surface area (TPSA) is 59.6 Å². The van der Waals surface area contributed by atoms with Gasteiger partial charge in [0, 0.05) is 29.1 Å². The molecule has 0 aliphatic carbocycles. The molecule has 0 fully saturated rings. The van der Waals surface area contributed by atoms with E-state index in [1.807, 2.05) is 14.0 Å². The summed E-state index contributed by atoms with van der Waals surface area (Å²) >= 11 is 3.40. The first-order valence-electron chi connectivity index (χ1n) is 5.90. The van der Waals surface area contributed by atoms with Crippen LogP contribution >= 0.6 is 15.9 Å². The number of benzene rings is 1. The molecule has 0 spiro atoms. The fourth-order valence-electron chi connectivity index (χ4n) is 1.60. The van der Waals surface area contributed by atoms with Gasteiger partial charge in [-0.1, -0.05) is 6.92 Å². The minimum absolute atomic E-state index is 0.0535. The highest BCUT2D eigenvalue weighted by molar-refractivity contribution is 9.10. The summed E-state index contributed by atoms with van der Waals surface area (Å²) in [6.45, 7) is 2.48. The van der Waals surface area contributed by atoms with Crippen LogP contribution in [0.2, 0.25) is 0 Å². The molecule has 1 aromatic rings. The van der Waals surface area contributed by atoms with E-state index in [-0.39, 0.29) is 11.8 Å². The maximum Gasteiger partial charge on any atom is 0.228 e. The Labute approximate surface area is 121 Å².